The highest BCUT2D eigenvalue weighted by Crippen LogP contribution is 2.19. The van der Waals surface area contributed by atoms with Crippen molar-refractivity contribution in [3.8, 4) is 0 Å². The Morgan fingerprint density at radius 2 is 2.31 bits per heavy atom. The number of ether oxygens (including phenoxy) is 1. The molecule has 4 heteroatoms. The van der Waals surface area contributed by atoms with Crippen LogP contribution in [0, 0.1) is 0 Å². The van der Waals surface area contributed by atoms with Gasteiger partial charge in [0.2, 0.25) is 0 Å². The Kier molecular flexibility index (Phi) is 3.97. The molecule has 2 N–H and O–H groups in total. The number of hydrogen-bond acceptors (Lipinski definition) is 3. The Morgan fingerprint density at radius 1 is 1.50 bits per heavy atom. The van der Waals surface area contributed by atoms with E-state index in [0.29, 0.717) is 13.2 Å². The molecule has 3 nitrogen and oxygen atoms in total. The summed E-state index contributed by atoms with van der Waals surface area (Å²) in [6.45, 7) is 3.11. The van der Waals surface area contributed by atoms with Gasteiger partial charge < -0.3 is 15.2 Å². The molecule has 1 saturated heterocycles. The molecule has 1 aliphatic heterocycles. The summed E-state index contributed by atoms with van der Waals surface area (Å²) in [5, 5.41) is 13.0. The summed E-state index contributed by atoms with van der Waals surface area (Å²) in [5.74, 6) is 0. The lowest BCUT2D eigenvalue weighted by Gasteiger charge is -2.21. The average Bonchev–Trinajstić information content (AvgIpc) is 2.64. The molecule has 1 aromatic carbocycles. The van der Waals surface area contributed by atoms with E-state index in [9.17, 15) is 5.11 Å². The first-order valence-corrected chi connectivity index (χ1v) is 6.23. The van der Waals surface area contributed by atoms with Gasteiger partial charge in [-0.2, -0.15) is 0 Å². The van der Waals surface area contributed by atoms with E-state index >= 15 is 0 Å². The van der Waals surface area contributed by atoms with Gasteiger partial charge in [0.15, 0.2) is 0 Å². The molecule has 0 radical (unpaired) electrons. The zero-order chi connectivity index (χ0) is 11.5. The van der Waals surface area contributed by atoms with Crippen molar-refractivity contribution in [1.82, 2.24) is 5.32 Å². The van der Waals surface area contributed by atoms with E-state index in [1.165, 1.54) is 5.56 Å². The first-order valence-electron chi connectivity index (χ1n) is 5.44. The van der Waals surface area contributed by atoms with Gasteiger partial charge in [-0.1, -0.05) is 28.1 Å². The van der Waals surface area contributed by atoms with Crippen molar-refractivity contribution < 1.29 is 9.84 Å². The molecule has 16 heavy (non-hydrogen) atoms. The number of rotatable bonds is 3. The fraction of sp³-hybridized carbons (Fsp3) is 0.500. The Bertz CT molecular complexity index is 359. The molecule has 1 heterocycles. The van der Waals surface area contributed by atoms with Crippen molar-refractivity contribution in [2.75, 3.05) is 13.2 Å². The molecule has 0 amide bonds. The SMILES string of the molecule is C[C@H](NC1COCC1O)c1cccc(Br)c1. The number of aliphatic hydroxyl groups excluding tert-OH is 1. The normalized spacial score (nSPS) is 26.9. The summed E-state index contributed by atoms with van der Waals surface area (Å²) in [6, 6.07) is 8.42. The number of benzene rings is 1. The molecule has 88 valence electrons. The van der Waals surface area contributed by atoms with Crippen molar-refractivity contribution >= 4 is 15.9 Å². The third-order valence-corrected chi connectivity index (χ3v) is 3.36. The lowest BCUT2D eigenvalue weighted by atomic mass is 10.1. The molecule has 0 aliphatic carbocycles. The molecule has 1 aromatic rings. The van der Waals surface area contributed by atoms with Crippen LogP contribution in [0.1, 0.15) is 18.5 Å². The molecular formula is C12H16BrNO2. The predicted molar refractivity (Wildman–Crippen MR) is 66.3 cm³/mol. The second-order valence-electron chi connectivity index (χ2n) is 4.15. The van der Waals surface area contributed by atoms with E-state index in [4.69, 9.17) is 4.74 Å². The van der Waals surface area contributed by atoms with Crippen LogP contribution in [0.15, 0.2) is 28.7 Å². The van der Waals surface area contributed by atoms with E-state index < -0.39 is 6.10 Å². The molecule has 0 aromatic heterocycles. The number of halogens is 1. The van der Waals surface area contributed by atoms with Crippen molar-refractivity contribution in [1.29, 1.82) is 0 Å². The largest absolute Gasteiger partial charge is 0.389 e. The van der Waals surface area contributed by atoms with Crippen LogP contribution in [0.4, 0.5) is 0 Å². The van der Waals surface area contributed by atoms with Crippen LogP contribution in [0.5, 0.6) is 0 Å². The minimum Gasteiger partial charge on any atom is -0.389 e. The third-order valence-electron chi connectivity index (χ3n) is 2.86. The van der Waals surface area contributed by atoms with Crippen LogP contribution >= 0.6 is 15.9 Å². The first kappa shape index (κ1) is 12.0. The minimum atomic E-state index is -0.394. The van der Waals surface area contributed by atoms with E-state index in [-0.39, 0.29) is 12.1 Å². The van der Waals surface area contributed by atoms with Gasteiger partial charge in [-0.25, -0.2) is 0 Å². The molecule has 0 saturated carbocycles. The molecule has 2 rings (SSSR count). The summed E-state index contributed by atoms with van der Waals surface area (Å²) in [5.41, 5.74) is 1.20. The molecule has 3 atom stereocenters. The summed E-state index contributed by atoms with van der Waals surface area (Å²) in [7, 11) is 0. The number of nitrogens with one attached hydrogen (secondary N) is 1. The van der Waals surface area contributed by atoms with Gasteiger partial charge in [0.25, 0.3) is 0 Å². The summed E-state index contributed by atoms with van der Waals surface area (Å²) in [6.07, 6.45) is -0.394. The van der Waals surface area contributed by atoms with E-state index in [1.54, 1.807) is 0 Å². The monoisotopic (exact) mass is 285 g/mol. The van der Waals surface area contributed by atoms with Crippen LogP contribution in [-0.2, 0) is 4.74 Å². The fourth-order valence-corrected chi connectivity index (χ4v) is 2.31. The molecule has 2 unspecified atom stereocenters. The minimum absolute atomic E-state index is 0.0361. The van der Waals surface area contributed by atoms with Crippen molar-refractivity contribution in [2.45, 2.75) is 25.1 Å². The quantitative estimate of drug-likeness (QED) is 0.891. The van der Waals surface area contributed by atoms with Gasteiger partial charge in [0.1, 0.15) is 0 Å². The maximum atomic E-state index is 9.64. The highest BCUT2D eigenvalue weighted by atomic mass is 79.9. The molecule has 0 bridgehead atoms. The average molecular weight is 286 g/mol. The number of hydrogen-bond donors (Lipinski definition) is 2. The zero-order valence-electron chi connectivity index (χ0n) is 9.19. The van der Waals surface area contributed by atoms with Gasteiger partial charge in [-0.15, -0.1) is 0 Å². The van der Waals surface area contributed by atoms with Gasteiger partial charge in [0.05, 0.1) is 25.4 Å². The smallest absolute Gasteiger partial charge is 0.0948 e. The Balaban J connectivity index is 1.99. The Morgan fingerprint density at radius 3 is 2.94 bits per heavy atom. The van der Waals surface area contributed by atoms with Gasteiger partial charge in [-0.05, 0) is 24.6 Å². The van der Waals surface area contributed by atoms with Crippen molar-refractivity contribution in [3.63, 3.8) is 0 Å². The predicted octanol–water partition coefficient (Wildman–Crippen LogP) is 1.86. The lowest BCUT2D eigenvalue weighted by Crippen LogP contribution is -2.40. The zero-order valence-corrected chi connectivity index (χ0v) is 10.8. The summed E-state index contributed by atoms with van der Waals surface area (Å²) in [4.78, 5) is 0. The summed E-state index contributed by atoms with van der Waals surface area (Å²) < 4.78 is 6.28. The Hall–Kier alpha value is -0.420. The second-order valence-corrected chi connectivity index (χ2v) is 5.07. The van der Waals surface area contributed by atoms with E-state index in [1.807, 2.05) is 12.1 Å². The lowest BCUT2D eigenvalue weighted by molar-refractivity contribution is 0.121. The van der Waals surface area contributed by atoms with Crippen LogP contribution in [0.2, 0.25) is 0 Å². The van der Waals surface area contributed by atoms with Crippen LogP contribution in [0.25, 0.3) is 0 Å². The topological polar surface area (TPSA) is 41.5 Å². The van der Waals surface area contributed by atoms with Crippen molar-refractivity contribution in [2.24, 2.45) is 0 Å². The summed E-state index contributed by atoms with van der Waals surface area (Å²) >= 11 is 3.45. The standard InChI is InChI=1S/C12H16BrNO2/c1-8(9-3-2-4-10(13)5-9)14-11-6-16-7-12(11)15/h2-5,8,11-12,14-15H,6-7H2,1H3/t8-,11?,12?/m0/s1. The Labute approximate surface area is 104 Å². The molecule has 1 fully saturated rings. The molecule has 0 spiro atoms. The van der Waals surface area contributed by atoms with Crippen LogP contribution < -0.4 is 5.32 Å². The highest BCUT2D eigenvalue weighted by Gasteiger charge is 2.27. The third kappa shape index (κ3) is 2.83. The van der Waals surface area contributed by atoms with Crippen LogP contribution in [0.3, 0.4) is 0 Å². The van der Waals surface area contributed by atoms with E-state index in [2.05, 4.69) is 40.3 Å². The van der Waals surface area contributed by atoms with Gasteiger partial charge in [-0.3, -0.25) is 0 Å². The second kappa shape index (κ2) is 5.27. The maximum Gasteiger partial charge on any atom is 0.0948 e. The van der Waals surface area contributed by atoms with Gasteiger partial charge >= 0.3 is 0 Å². The van der Waals surface area contributed by atoms with Crippen LogP contribution in [-0.4, -0.2) is 30.5 Å². The fourth-order valence-electron chi connectivity index (χ4n) is 1.90. The van der Waals surface area contributed by atoms with E-state index in [0.717, 1.165) is 4.47 Å². The van der Waals surface area contributed by atoms with Gasteiger partial charge in [0, 0.05) is 10.5 Å². The highest BCUT2D eigenvalue weighted by molar-refractivity contribution is 9.10. The first-order chi connectivity index (χ1) is 7.66. The number of aliphatic hydroxyl groups is 1. The molecule has 1 aliphatic rings. The molecular weight excluding hydrogens is 270 g/mol. The van der Waals surface area contributed by atoms with Crippen molar-refractivity contribution in [3.05, 3.63) is 34.3 Å². The maximum absolute atomic E-state index is 9.64.